The third-order valence-corrected chi connectivity index (χ3v) is 4.92. The van der Waals surface area contributed by atoms with Crippen molar-refractivity contribution in [3.8, 4) is 0 Å². The molecule has 5 heteroatoms. The van der Waals surface area contributed by atoms with E-state index in [1.165, 1.54) is 0 Å². The van der Waals surface area contributed by atoms with Gasteiger partial charge in [-0.05, 0) is 17.8 Å². The molecule has 20 heavy (non-hydrogen) atoms. The third-order valence-electron chi connectivity index (χ3n) is 3.90. The van der Waals surface area contributed by atoms with E-state index in [9.17, 15) is 9.59 Å². The normalized spacial score (nSPS) is 27.2. The Morgan fingerprint density at radius 2 is 2.00 bits per heavy atom. The first-order valence-electron chi connectivity index (χ1n) is 7.44. The van der Waals surface area contributed by atoms with Crippen LogP contribution < -0.4 is 0 Å². The molecule has 2 aliphatic rings. The van der Waals surface area contributed by atoms with Gasteiger partial charge in [0.25, 0.3) is 0 Å². The molecule has 0 aromatic rings. The summed E-state index contributed by atoms with van der Waals surface area (Å²) in [7, 11) is 0. The Morgan fingerprint density at radius 1 is 1.30 bits per heavy atom. The summed E-state index contributed by atoms with van der Waals surface area (Å²) < 4.78 is 0. The van der Waals surface area contributed by atoms with Crippen LogP contribution >= 0.6 is 11.8 Å². The molecular weight excluding hydrogens is 272 g/mol. The molecule has 0 aromatic carbocycles. The molecule has 2 fully saturated rings. The molecule has 0 saturated carbocycles. The van der Waals surface area contributed by atoms with Crippen LogP contribution in [0.1, 0.15) is 40.5 Å². The second kappa shape index (κ2) is 5.96. The number of thioether (sulfide) groups is 1. The van der Waals surface area contributed by atoms with Gasteiger partial charge in [0, 0.05) is 25.3 Å². The largest absolute Gasteiger partial charge is 0.341 e. The van der Waals surface area contributed by atoms with Crippen molar-refractivity contribution in [1.82, 2.24) is 9.80 Å². The number of hydrogen-bond donors (Lipinski definition) is 0. The van der Waals surface area contributed by atoms with Crippen LogP contribution in [0.15, 0.2) is 0 Å². The molecule has 114 valence electrons. The molecule has 0 radical (unpaired) electrons. The molecule has 0 aromatic heterocycles. The number of amides is 2. The maximum Gasteiger partial charge on any atom is 0.246 e. The Balaban J connectivity index is 2.00. The summed E-state index contributed by atoms with van der Waals surface area (Å²) >= 11 is 1.69. The SMILES string of the molecule is CC1CCN(C(=O)C2CSCN2C(=O)CC(C)(C)C)C1. The number of rotatable bonds is 2. The molecule has 2 atom stereocenters. The van der Waals surface area contributed by atoms with E-state index in [2.05, 4.69) is 27.7 Å². The van der Waals surface area contributed by atoms with Crippen LogP contribution in [0.2, 0.25) is 0 Å². The maximum absolute atomic E-state index is 12.6. The maximum atomic E-state index is 12.6. The number of likely N-dealkylation sites (tertiary alicyclic amines) is 1. The van der Waals surface area contributed by atoms with Crippen molar-refractivity contribution in [3.05, 3.63) is 0 Å². The molecule has 0 aliphatic carbocycles. The Bertz CT molecular complexity index is 392. The van der Waals surface area contributed by atoms with Gasteiger partial charge in [-0.1, -0.05) is 27.7 Å². The van der Waals surface area contributed by atoms with E-state index < -0.39 is 0 Å². The molecule has 2 heterocycles. The van der Waals surface area contributed by atoms with Gasteiger partial charge in [0.1, 0.15) is 6.04 Å². The quantitative estimate of drug-likeness (QED) is 0.784. The molecule has 4 nitrogen and oxygen atoms in total. The highest BCUT2D eigenvalue weighted by Gasteiger charge is 2.39. The molecule has 2 unspecified atom stereocenters. The number of hydrogen-bond acceptors (Lipinski definition) is 3. The van der Waals surface area contributed by atoms with Crippen molar-refractivity contribution in [2.45, 2.75) is 46.6 Å². The minimum atomic E-state index is -0.236. The zero-order valence-electron chi connectivity index (χ0n) is 13.0. The average molecular weight is 298 g/mol. The summed E-state index contributed by atoms with van der Waals surface area (Å²) in [6, 6.07) is -0.236. The van der Waals surface area contributed by atoms with Gasteiger partial charge in [-0.3, -0.25) is 9.59 Å². The van der Waals surface area contributed by atoms with Crippen LogP contribution in [0.4, 0.5) is 0 Å². The second-order valence-electron chi connectivity index (χ2n) is 7.29. The summed E-state index contributed by atoms with van der Waals surface area (Å²) in [5, 5.41) is 0. The molecular formula is C15H26N2O2S. The lowest BCUT2D eigenvalue weighted by Gasteiger charge is -2.29. The number of carbonyl (C=O) groups excluding carboxylic acids is 2. The fourth-order valence-corrected chi connectivity index (χ4v) is 3.97. The van der Waals surface area contributed by atoms with Gasteiger partial charge < -0.3 is 9.80 Å². The van der Waals surface area contributed by atoms with Gasteiger partial charge in [0.15, 0.2) is 0 Å². The van der Waals surface area contributed by atoms with E-state index in [0.717, 1.165) is 25.3 Å². The molecule has 0 N–H and O–H groups in total. The molecule has 2 rings (SSSR count). The lowest BCUT2D eigenvalue weighted by molar-refractivity contribution is -0.143. The highest BCUT2D eigenvalue weighted by atomic mass is 32.2. The highest BCUT2D eigenvalue weighted by molar-refractivity contribution is 7.99. The molecule has 2 amide bonds. The molecule has 0 spiro atoms. The molecule has 2 saturated heterocycles. The first-order chi connectivity index (χ1) is 9.28. The Kier molecular flexibility index (Phi) is 4.67. The predicted molar refractivity (Wildman–Crippen MR) is 82.4 cm³/mol. The smallest absolute Gasteiger partial charge is 0.246 e. The van der Waals surface area contributed by atoms with Crippen molar-refractivity contribution in [3.63, 3.8) is 0 Å². The molecule has 0 bridgehead atoms. The van der Waals surface area contributed by atoms with Crippen LogP contribution in [-0.2, 0) is 9.59 Å². The fourth-order valence-electron chi connectivity index (χ4n) is 2.79. The Hall–Kier alpha value is -0.710. The van der Waals surface area contributed by atoms with Gasteiger partial charge in [-0.2, -0.15) is 0 Å². The van der Waals surface area contributed by atoms with Crippen LogP contribution in [0.5, 0.6) is 0 Å². The van der Waals surface area contributed by atoms with Crippen molar-refractivity contribution >= 4 is 23.6 Å². The minimum absolute atomic E-state index is 0.0277. The first-order valence-corrected chi connectivity index (χ1v) is 8.59. The van der Waals surface area contributed by atoms with E-state index in [0.29, 0.717) is 18.2 Å². The molecule has 2 aliphatic heterocycles. The Morgan fingerprint density at radius 3 is 2.55 bits per heavy atom. The predicted octanol–water partition coefficient (Wildman–Crippen LogP) is 2.19. The van der Waals surface area contributed by atoms with E-state index in [-0.39, 0.29) is 23.3 Å². The second-order valence-corrected chi connectivity index (χ2v) is 8.29. The van der Waals surface area contributed by atoms with Crippen LogP contribution in [-0.4, -0.2) is 52.4 Å². The zero-order chi connectivity index (χ0) is 14.9. The number of carbonyl (C=O) groups is 2. The van der Waals surface area contributed by atoms with Crippen molar-refractivity contribution in [2.75, 3.05) is 24.7 Å². The van der Waals surface area contributed by atoms with Crippen LogP contribution in [0.3, 0.4) is 0 Å². The van der Waals surface area contributed by atoms with Crippen molar-refractivity contribution in [1.29, 1.82) is 0 Å². The standard InChI is InChI=1S/C15H26N2O2S/c1-11-5-6-16(8-11)14(19)12-9-20-10-17(12)13(18)7-15(2,3)4/h11-12H,5-10H2,1-4H3. The highest BCUT2D eigenvalue weighted by Crippen LogP contribution is 2.28. The van der Waals surface area contributed by atoms with Crippen molar-refractivity contribution in [2.24, 2.45) is 11.3 Å². The minimum Gasteiger partial charge on any atom is -0.341 e. The average Bonchev–Trinajstić information content (AvgIpc) is 2.93. The summed E-state index contributed by atoms with van der Waals surface area (Å²) in [6.45, 7) is 10.1. The lowest BCUT2D eigenvalue weighted by atomic mass is 9.91. The van der Waals surface area contributed by atoms with Crippen molar-refractivity contribution < 1.29 is 9.59 Å². The van der Waals surface area contributed by atoms with Gasteiger partial charge >= 0.3 is 0 Å². The van der Waals surface area contributed by atoms with Gasteiger partial charge in [0.05, 0.1) is 5.88 Å². The third kappa shape index (κ3) is 3.68. The first kappa shape index (κ1) is 15.7. The number of nitrogens with zero attached hydrogens (tertiary/aromatic N) is 2. The van der Waals surface area contributed by atoms with Gasteiger partial charge in [-0.25, -0.2) is 0 Å². The monoisotopic (exact) mass is 298 g/mol. The van der Waals surface area contributed by atoms with E-state index in [4.69, 9.17) is 0 Å². The topological polar surface area (TPSA) is 40.6 Å². The van der Waals surface area contributed by atoms with Gasteiger partial charge in [-0.15, -0.1) is 11.8 Å². The fraction of sp³-hybridized carbons (Fsp3) is 0.867. The van der Waals surface area contributed by atoms with E-state index >= 15 is 0 Å². The van der Waals surface area contributed by atoms with Crippen LogP contribution in [0, 0.1) is 11.3 Å². The summed E-state index contributed by atoms with van der Waals surface area (Å²) in [5.41, 5.74) is -0.0277. The Labute approximate surface area is 126 Å². The van der Waals surface area contributed by atoms with E-state index in [1.807, 2.05) is 4.90 Å². The van der Waals surface area contributed by atoms with Crippen LogP contribution in [0.25, 0.3) is 0 Å². The van der Waals surface area contributed by atoms with Gasteiger partial charge in [0.2, 0.25) is 11.8 Å². The van der Waals surface area contributed by atoms with E-state index in [1.54, 1.807) is 16.7 Å². The summed E-state index contributed by atoms with van der Waals surface area (Å²) in [6.07, 6.45) is 1.59. The lowest BCUT2D eigenvalue weighted by Crippen LogP contribution is -2.48. The summed E-state index contributed by atoms with van der Waals surface area (Å²) in [4.78, 5) is 28.7. The summed E-state index contributed by atoms with van der Waals surface area (Å²) in [5.74, 6) is 2.27. The zero-order valence-corrected chi connectivity index (χ0v) is 13.8.